The van der Waals surface area contributed by atoms with Gasteiger partial charge in [-0.05, 0) is 32.1 Å². The minimum absolute atomic E-state index is 0.147. The van der Waals surface area contributed by atoms with Crippen molar-refractivity contribution in [1.82, 2.24) is 5.32 Å². The third kappa shape index (κ3) is 6.33. The molecule has 5 nitrogen and oxygen atoms in total. The summed E-state index contributed by atoms with van der Waals surface area (Å²) in [4.78, 5) is 11.6. The fourth-order valence-corrected chi connectivity index (χ4v) is 2.13. The highest BCUT2D eigenvalue weighted by Crippen LogP contribution is 2.32. The normalized spacial score (nSPS) is 22.6. The molecule has 0 aliphatic heterocycles. The minimum Gasteiger partial charge on any atom is -0.380 e. The van der Waals surface area contributed by atoms with E-state index in [1.807, 2.05) is 6.92 Å². The molecule has 1 saturated carbocycles. The zero-order valence-corrected chi connectivity index (χ0v) is 11.3. The van der Waals surface area contributed by atoms with Gasteiger partial charge in [-0.15, -0.1) is 0 Å². The first-order chi connectivity index (χ1) is 8.76. The topological polar surface area (TPSA) is 73.6 Å². The summed E-state index contributed by atoms with van der Waals surface area (Å²) >= 11 is 0. The Bertz CT molecular complexity index is 230. The van der Waals surface area contributed by atoms with Gasteiger partial charge in [-0.1, -0.05) is 0 Å². The maximum Gasteiger partial charge on any atom is 0.220 e. The zero-order chi connectivity index (χ0) is 13.2. The Morgan fingerprint density at radius 2 is 2.17 bits per heavy atom. The van der Waals surface area contributed by atoms with E-state index in [0.717, 1.165) is 25.9 Å². The van der Waals surface area contributed by atoms with Gasteiger partial charge in [0.1, 0.15) is 0 Å². The molecule has 1 aliphatic rings. The van der Waals surface area contributed by atoms with E-state index in [1.54, 1.807) is 0 Å². The molecule has 1 rings (SSSR count). The molecular weight excluding hydrogens is 232 g/mol. The van der Waals surface area contributed by atoms with Crippen LogP contribution >= 0.6 is 0 Å². The summed E-state index contributed by atoms with van der Waals surface area (Å²) in [5.41, 5.74) is 5.30. The first-order valence-electron chi connectivity index (χ1n) is 6.92. The van der Waals surface area contributed by atoms with E-state index in [1.165, 1.54) is 0 Å². The van der Waals surface area contributed by atoms with Crippen molar-refractivity contribution < 1.29 is 14.3 Å². The lowest BCUT2D eigenvalue weighted by molar-refractivity contribution is -0.124. The van der Waals surface area contributed by atoms with Gasteiger partial charge in [0, 0.05) is 32.7 Å². The molecule has 0 aromatic heterocycles. The summed E-state index contributed by atoms with van der Waals surface area (Å²) in [6.45, 7) is 5.27. The number of hydrogen-bond donors (Lipinski definition) is 2. The van der Waals surface area contributed by atoms with Crippen LogP contribution in [0.3, 0.4) is 0 Å². The SMILES string of the molecule is CCOC1CC(CC(=O)NCCCOCCN)C1. The third-order valence-corrected chi connectivity index (χ3v) is 3.12. The van der Waals surface area contributed by atoms with E-state index in [9.17, 15) is 4.79 Å². The fourth-order valence-electron chi connectivity index (χ4n) is 2.13. The lowest BCUT2D eigenvalue weighted by Crippen LogP contribution is -2.36. The van der Waals surface area contributed by atoms with Crippen molar-refractivity contribution in [3.8, 4) is 0 Å². The molecule has 1 fully saturated rings. The molecule has 0 saturated heterocycles. The van der Waals surface area contributed by atoms with Crippen LogP contribution in [0.25, 0.3) is 0 Å². The summed E-state index contributed by atoms with van der Waals surface area (Å²) < 4.78 is 10.7. The summed E-state index contributed by atoms with van der Waals surface area (Å²) in [6, 6.07) is 0. The molecule has 1 amide bonds. The van der Waals surface area contributed by atoms with Crippen molar-refractivity contribution in [3.05, 3.63) is 0 Å². The highest BCUT2D eigenvalue weighted by molar-refractivity contribution is 5.76. The van der Waals surface area contributed by atoms with Gasteiger partial charge in [0.2, 0.25) is 5.91 Å². The molecule has 1 aliphatic carbocycles. The van der Waals surface area contributed by atoms with Crippen molar-refractivity contribution in [3.63, 3.8) is 0 Å². The molecule has 0 atom stereocenters. The summed E-state index contributed by atoms with van der Waals surface area (Å²) in [5, 5.41) is 2.91. The van der Waals surface area contributed by atoms with Crippen molar-refractivity contribution in [1.29, 1.82) is 0 Å². The second-order valence-electron chi connectivity index (χ2n) is 4.72. The molecule has 0 bridgehead atoms. The average Bonchev–Trinajstić information content (AvgIpc) is 2.31. The Kier molecular flexibility index (Phi) is 7.96. The zero-order valence-electron chi connectivity index (χ0n) is 11.3. The highest BCUT2D eigenvalue weighted by atomic mass is 16.5. The molecule has 0 radical (unpaired) electrons. The van der Waals surface area contributed by atoms with Crippen LogP contribution in [-0.2, 0) is 14.3 Å². The molecule has 0 heterocycles. The average molecular weight is 258 g/mol. The van der Waals surface area contributed by atoms with Crippen LogP contribution in [-0.4, -0.2) is 44.9 Å². The van der Waals surface area contributed by atoms with Gasteiger partial charge in [0.15, 0.2) is 0 Å². The van der Waals surface area contributed by atoms with Crippen molar-refractivity contribution in [2.24, 2.45) is 11.7 Å². The molecular formula is C13H26N2O3. The predicted octanol–water partition coefficient (Wildman–Crippen LogP) is 0.673. The van der Waals surface area contributed by atoms with Crippen LogP contribution in [0.15, 0.2) is 0 Å². The van der Waals surface area contributed by atoms with Gasteiger partial charge in [-0.2, -0.15) is 0 Å². The van der Waals surface area contributed by atoms with E-state index < -0.39 is 0 Å². The van der Waals surface area contributed by atoms with Crippen LogP contribution in [0.5, 0.6) is 0 Å². The van der Waals surface area contributed by atoms with E-state index in [2.05, 4.69) is 5.32 Å². The van der Waals surface area contributed by atoms with Crippen LogP contribution in [0.2, 0.25) is 0 Å². The highest BCUT2D eigenvalue weighted by Gasteiger charge is 2.30. The predicted molar refractivity (Wildman–Crippen MR) is 70.3 cm³/mol. The third-order valence-electron chi connectivity index (χ3n) is 3.12. The van der Waals surface area contributed by atoms with E-state index in [0.29, 0.717) is 44.7 Å². The van der Waals surface area contributed by atoms with E-state index >= 15 is 0 Å². The Morgan fingerprint density at radius 1 is 1.39 bits per heavy atom. The van der Waals surface area contributed by atoms with E-state index in [-0.39, 0.29) is 5.91 Å². The van der Waals surface area contributed by atoms with Crippen molar-refractivity contribution in [2.75, 3.05) is 32.9 Å². The lowest BCUT2D eigenvalue weighted by Gasteiger charge is -2.34. The quantitative estimate of drug-likeness (QED) is 0.565. The summed E-state index contributed by atoms with van der Waals surface area (Å²) in [5.74, 6) is 0.656. The monoisotopic (exact) mass is 258 g/mol. The van der Waals surface area contributed by atoms with E-state index in [4.69, 9.17) is 15.2 Å². The first kappa shape index (κ1) is 15.4. The number of nitrogens with one attached hydrogen (secondary N) is 1. The number of ether oxygens (including phenoxy) is 2. The van der Waals surface area contributed by atoms with Gasteiger partial charge in [0.25, 0.3) is 0 Å². The molecule has 5 heteroatoms. The smallest absolute Gasteiger partial charge is 0.220 e. The lowest BCUT2D eigenvalue weighted by atomic mass is 9.80. The van der Waals surface area contributed by atoms with Crippen LogP contribution in [0, 0.1) is 5.92 Å². The standard InChI is InChI=1S/C13H26N2O3/c1-2-18-12-8-11(9-12)10-13(16)15-5-3-6-17-7-4-14/h11-12H,2-10,14H2,1H3,(H,15,16). The largest absolute Gasteiger partial charge is 0.380 e. The first-order valence-corrected chi connectivity index (χ1v) is 6.92. The fraction of sp³-hybridized carbons (Fsp3) is 0.923. The van der Waals surface area contributed by atoms with Gasteiger partial charge in [-0.25, -0.2) is 0 Å². The molecule has 106 valence electrons. The Hall–Kier alpha value is -0.650. The number of amides is 1. The second-order valence-corrected chi connectivity index (χ2v) is 4.72. The van der Waals surface area contributed by atoms with Crippen molar-refractivity contribution in [2.45, 2.75) is 38.7 Å². The molecule has 0 aromatic rings. The molecule has 0 unspecified atom stereocenters. The molecule has 0 aromatic carbocycles. The van der Waals surface area contributed by atoms with Crippen LogP contribution in [0.4, 0.5) is 0 Å². The van der Waals surface area contributed by atoms with Crippen LogP contribution < -0.4 is 11.1 Å². The maximum atomic E-state index is 11.6. The maximum absolute atomic E-state index is 11.6. The van der Waals surface area contributed by atoms with Gasteiger partial charge in [-0.3, -0.25) is 4.79 Å². The minimum atomic E-state index is 0.147. The Morgan fingerprint density at radius 3 is 2.83 bits per heavy atom. The second kappa shape index (κ2) is 9.30. The van der Waals surface area contributed by atoms with Gasteiger partial charge >= 0.3 is 0 Å². The van der Waals surface area contributed by atoms with Gasteiger partial charge in [0.05, 0.1) is 12.7 Å². The molecule has 18 heavy (non-hydrogen) atoms. The number of rotatable bonds is 10. The molecule has 0 spiro atoms. The van der Waals surface area contributed by atoms with Crippen LogP contribution in [0.1, 0.15) is 32.6 Å². The number of nitrogens with two attached hydrogens (primary N) is 1. The molecule has 3 N–H and O–H groups in total. The Balaban J connectivity index is 1.89. The van der Waals surface area contributed by atoms with Crippen molar-refractivity contribution >= 4 is 5.91 Å². The number of hydrogen-bond acceptors (Lipinski definition) is 4. The summed E-state index contributed by atoms with van der Waals surface area (Å²) in [7, 11) is 0. The Labute approximate surface area is 109 Å². The van der Waals surface area contributed by atoms with Gasteiger partial charge < -0.3 is 20.5 Å². The number of carbonyl (C=O) groups is 1. The number of carbonyl (C=O) groups excluding carboxylic acids is 1. The summed E-state index contributed by atoms with van der Waals surface area (Å²) in [6.07, 6.45) is 3.92.